The highest BCUT2D eigenvalue weighted by molar-refractivity contribution is 5.87. The van der Waals surface area contributed by atoms with Crippen LogP contribution in [0.3, 0.4) is 0 Å². The minimum atomic E-state index is -0.902. The third-order valence-corrected chi connectivity index (χ3v) is 4.79. The first-order chi connectivity index (χ1) is 10.1. The van der Waals surface area contributed by atoms with Gasteiger partial charge in [-0.05, 0) is 71.7 Å². The molecule has 0 aromatic heterocycles. The van der Waals surface area contributed by atoms with Gasteiger partial charge in [-0.3, -0.25) is 4.90 Å². The number of likely N-dealkylation sites (tertiary alicyclic amines) is 1. The quantitative estimate of drug-likeness (QED) is 0.862. The summed E-state index contributed by atoms with van der Waals surface area (Å²) in [5.74, 6) is -0.902. The number of benzene rings is 1. The second-order valence-corrected chi connectivity index (χ2v) is 7.17. The van der Waals surface area contributed by atoms with E-state index in [4.69, 9.17) is 5.11 Å². The predicted molar refractivity (Wildman–Crippen MR) is 93.3 cm³/mol. The Hall–Kier alpha value is -1.61. The minimum absolute atomic E-state index is 0.301. The van der Waals surface area contributed by atoms with Gasteiger partial charge in [0.15, 0.2) is 0 Å². The van der Waals surface area contributed by atoms with Crippen LogP contribution in [-0.2, 0) is 0 Å². The molecule has 1 fully saturated rings. The molecule has 0 bridgehead atoms. The molecular weight excluding hydrogens is 274 g/mol. The zero-order valence-corrected chi connectivity index (χ0v) is 14.5. The third kappa shape index (κ3) is 4.70. The fourth-order valence-electron chi connectivity index (χ4n) is 2.87. The lowest BCUT2D eigenvalue weighted by molar-refractivity contribution is -0.00199. The summed E-state index contributed by atoms with van der Waals surface area (Å²) in [5, 5.41) is 8.52. The molecule has 0 atom stereocenters. The van der Waals surface area contributed by atoms with Crippen molar-refractivity contribution >= 4 is 12.0 Å². The lowest BCUT2D eigenvalue weighted by Crippen LogP contribution is -2.56. The maximum atomic E-state index is 10.4. The van der Waals surface area contributed by atoms with E-state index in [9.17, 15) is 4.79 Å². The van der Waals surface area contributed by atoms with E-state index in [1.807, 2.05) is 0 Å². The highest BCUT2D eigenvalue weighted by atomic mass is 16.4. The van der Waals surface area contributed by atoms with Gasteiger partial charge in [0.25, 0.3) is 0 Å². The van der Waals surface area contributed by atoms with Gasteiger partial charge < -0.3 is 5.11 Å². The van der Waals surface area contributed by atoms with Crippen LogP contribution in [0, 0.1) is 0 Å². The summed E-state index contributed by atoms with van der Waals surface area (Å²) in [6.07, 6.45) is 5.73. The summed E-state index contributed by atoms with van der Waals surface area (Å²) >= 11 is 0. The third-order valence-electron chi connectivity index (χ3n) is 4.79. The molecule has 1 saturated heterocycles. The number of carboxylic acids is 1. The second-order valence-electron chi connectivity index (χ2n) is 7.17. The Labute approximate surface area is 134 Å². The largest absolute Gasteiger partial charge is 0.478 e. The van der Waals surface area contributed by atoms with Crippen molar-refractivity contribution in [3.05, 3.63) is 42.0 Å². The van der Waals surface area contributed by atoms with Crippen LogP contribution < -0.4 is 0 Å². The molecule has 0 amide bonds. The Morgan fingerprint density at radius 1 is 1.14 bits per heavy atom. The van der Waals surface area contributed by atoms with Crippen molar-refractivity contribution in [3.8, 4) is 0 Å². The molecule has 0 saturated carbocycles. The summed E-state index contributed by atoms with van der Waals surface area (Å²) in [4.78, 5) is 12.9. The van der Waals surface area contributed by atoms with E-state index in [0.29, 0.717) is 16.6 Å². The normalized spacial score (nSPS) is 19.7. The van der Waals surface area contributed by atoms with Gasteiger partial charge in [0.05, 0.1) is 5.56 Å². The van der Waals surface area contributed by atoms with Gasteiger partial charge in [-0.15, -0.1) is 0 Å². The Bertz CT molecular complexity index is 499. The van der Waals surface area contributed by atoms with Crippen molar-refractivity contribution in [1.29, 1.82) is 0 Å². The van der Waals surface area contributed by atoms with Crippen molar-refractivity contribution in [3.63, 3.8) is 0 Å². The molecule has 22 heavy (non-hydrogen) atoms. The summed E-state index contributed by atoms with van der Waals surface area (Å²) in [5.41, 5.74) is 2.04. The molecule has 1 heterocycles. The fraction of sp³-hybridized carbons (Fsp3) is 0.526. The Kier molecular flexibility index (Phi) is 5.95. The molecule has 1 aromatic rings. The highest BCUT2D eigenvalue weighted by Gasteiger charge is 2.38. The molecule has 122 valence electrons. The molecule has 0 radical (unpaired) electrons. The van der Waals surface area contributed by atoms with Crippen LogP contribution in [0.15, 0.2) is 30.8 Å². The van der Waals surface area contributed by atoms with Crippen molar-refractivity contribution in [2.24, 2.45) is 0 Å². The molecule has 3 heteroatoms. The van der Waals surface area contributed by atoms with E-state index in [2.05, 4.69) is 46.2 Å². The van der Waals surface area contributed by atoms with Gasteiger partial charge in [0.1, 0.15) is 0 Å². The molecule has 0 unspecified atom stereocenters. The number of aromatic carboxylic acids is 1. The van der Waals surface area contributed by atoms with E-state index >= 15 is 0 Å². The minimum Gasteiger partial charge on any atom is -0.478 e. The highest BCUT2D eigenvalue weighted by Crippen LogP contribution is 2.36. The lowest BCUT2D eigenvalue weighted by Gasteiger charge is -2.50. The maximum absolute atomic E-state index is 10.4. The summed E-state index contributed by atoms with van der Waals surface area (Å²) < 4.78 is 0. The Balaban J connectivity index is 0.000000220. The number of piperidine rings is 1. The molecule has 2 rings (SSSR count). The van der Waals surface area contributed by atoms with Crippen LogP contribution in [0.2, 0.25) is 0 Å². The number of carboxylic acid groups (broad SMARTS) is 1. The summed E-state index contributed by atoms with van der Waals surface area (Å²) in [7, 11) is 2.25. The maximum Gasteiger partial charge on any atom is 0.335 e. The average Bonchev–Trinajstić information content (AvgIpc) is 2.45. The van der Waals surface area contributed by atoms with Gasteiger partial charge >= 0.3 is 5.97 Å². The average molecular weight is 303 g/mol. The number of hydrogen-bond donors (Lipinski definition) is 1. The fourth-order valence-corrected chi connectivity index (χ4v) is 2.87. The molecule has 1 aliphatic rings. The van der Waals surface area contributed by atoms with Crippen molar-refractivity contribution < 1.29 is 9.90 Å². The van der Waals surface area contributed by atoms with Gasteiger partial charge in [0, 0.05) is 11.1 Å². The molecule has 3 nitrogen and oxygen atoms in total. The molecule has 1 aromatic carbocycles. The second kappa shape index (κ2) is 7.10. The number of nitrogens with zero attached hydrogens (tertiary/aromatic N) is 1. The topological polar surface area (TPSA) is 40.5 Å². The van der Waals surface area contributed by atoms with Gasteiger partial charge in [-0.2, -0.15) is 0 Å². The van der Waals surface area contributed by atoms with Crippen LogP contribution >= 0.6 is 0 Å². The van der Waals surface area contributed by atoms with Crippen molar-refractivity contribution in [2.75, 3.05) is 7.05 Å². The first-order valence-corrected chi connectivity index (χ1v) is 7.80. The zero-order valence-electron chi connectivity index (χ0n) is 14.5. The van der Waals surface area contributed by atoms with E-state index in [0.717, 1.165) is 5.56 Å². The summed E-state index contributed by atoms with van der Waals surface area (Å²) in [6, 6.07) is 6.55. The van der Waals surface area contributed by atoms with Crippen LogP contribution in [0.1, 0.15) is 62.9 Å². The SMILES string of the molecule is C=Cc1ccc(C(=O)O)cc1.CN1C(C)(C)CCCC1(C)C. The summed E-state index contributed by atoms with van der Waals surface area (Å²) in [6.45, 7) is 12.9. The Morgan fingerprint density at radius 2 is 1.59 bits per heavy atom. The van der Waals surface area contributed by atoms with Gasteiger partial charge in [0.2, 0.25) is 0 Å². The first-order valence-electron chi connectivity index (χ1n) is 7.80. The van der Waals surface area contributed by atoms with Crippen molar-refractivity contribution in [2.45, 2.75) is 58.0 Å². The monoisotopic (exact) mass is 303 g/mol. The standard InChI is InChI=1S/C10H21N.C9H8O2/c1-9(2)7-6-8-10(3,4)11(9)5;1-2-7-3-5-8(6-4-7)9(10)11/h6-8H2,1-5H3;2-6H,1H2,(H,10,11). The first kappa shape index (κ1) is 18.4. The van der Waals surface area contributed by atoms with E-state index in [-0.39, 0.29) is 0 Å². The van der Waals surface area contributed by atoms with Crippen LogP contribution in [0.25, 0.3) is 6.08 Å². The molecular formula is C19H29NO2. The number of hydrogen-bond acceptors (Lipinski definition) is 2. The van der Waals surface area contributed by atoms with Crippen LogP contribution in [0.5, 0.6) is 0 Å². The van der Waals surface area contributed by atoms with Crippen molar-refractivity contribution in [1.82, 2.24) is 4.90 Å². The van der Waals surface area contributed by atoms with Crippen LogP contribution in [-0.4, -0.2) is 34.1 Å². The molecule has 1 N–H and O–H groups in total. The molecule has 0 aliphatic carbocycles. The number of carbonyl (C=O) groups is 1. The smallest absolute Gasteiger partial charge is 0.335 e. The predicted octanol–water partition coefficient (Wildman–Crippen LogP) is 4.69. The van der Waals surface area contributed by atoms with Gasteiger partial charge in [-0.1, -0.05) is 24.8 Å². The lowest BCUT2D eigenvalue weighted by atomic mass is 9.80. The zero-order chi connectivity index (χ0) is 17.0. The van der Waals surface area contributed by atoms with Crippen LogP contribution in [0.4, 0.5) is 0 Å². The molecule has 1 aliphatic heterocycles. The van der Waals surface area contributed by atoms with E-state index in [1.165, 1.54) is 19.3 Å². The van der Waals surface area contributed by atoms with Gasteiger partial charge in [-0.25, -0.2) is 4.79 Å². The Morgan fingerprint density at radius 3 is 1.91 bits per heavy atom. The number of rotatable bonds is 2. The van der Waals surface area contributed by atoms with E-state index < -0.39 is 5.97 Å². The van der Waals surface area contributed by atoms with E-state index in [1.54, 1.807) is 30.3 Å². The molecule has 0 spiro atoms.